The van der Waals surface area contributed by atoms with Gasteiger partial charge in [0.2, 0.25) is 5.91 Å². The van der Waals surface area contributed by atoms with Crippen molar-refractivity contribution in [2.45, 2.75) is 43.6 Å². The molecule has 12 heteroatoms. The van der Waals surface area contributed by atoms with Gasteiger partial charge in [-0.15, -0.1) is 0 Å². The van der Waals surface area contributed by atoms with Crippen LogP contribution in [0.25, 0.3) is 11.4 Å². The maximum atomic E-state index is 13.8. The van der Waals surface area contributed by atoms with Gasteiger partial charge in [0.15, 0.2) is 5.82 Å². The van der Waals surface area contributed by atoms with E-state index < -0.39 is 11.5 Å². The summed E-state index contributed by atoms with van der Waals surface area (Å²) < 4.78 is 13.8. The summed E-state index contributed by atoms with van der Waals surface area (Å²) in [5.74, 6) is 0.0148. The fraction of sp³-hybridized carbons (Fsp3) is 0.333. The van der Waals surface area contributed by atoms with Crippen molar-refractivity contribution in [1.29, 1.82) is 5.26 Å². The molecule has 1 aromatic heterocycles. The number of amides is 3. The van der Waals surface area contributed by atoms with Crippen LogP contribution in [0.2, 0.25) is 0 Å². The molecule has 2 heterocycles. The number of halogens is 1. The highest BCUT2D eigenvalue weighted by atomic mass is 19.1. The number of hydrogen-bond acceptors (Lipinski definition) is 7. The van der Waals surface area contributed by atoms with E-state index in [4.69, 9.17) is 4.98 Å². The number of aromatic nitrogens is 3. The number of aryl methyl sites for hydroxylation is 2. The number of hydrogen-bond donors (Lipinski definition) is 4. The molecule has 0 spiro atoms. The van der Waals surface area contributed by atoms with Crippen molar-refractivity contribution in [3.8, 4) is 17.5 Å². The van der Waals surface area contributed by atoms with Crippen LogP contribution in [0.5, 0.6) is 0 Å². The molecule has 0 saturated carbocycles. The SMILES string of the molecule is CNC(=O)c1ccc2c(c1)CCc1cc(C(=O)NC)ccc1C2(CCNCC(=O)N1CCC[C@H]1C#N)c1nc(-c2ccc(F)cc2)n[nH]1. The van der Waals surface area contributed by atoms with Crippen LogP contribution < -0.4 is 16.0 Å². The Balaban J connectivity index is 1.47. The van der Waals surface area contributed by atoms with Gasteiger partial charge in [-0.25, -0.2) is 9.37 Å². The Hall–Kier alpha value is -5.41. The largest absolute Gasteiger partial charge is 0.355 e. The van der Waals surface area contributed by atoms with Crippen molar-refractivity contribution in [3.63, 3.8) is 0 Å². The van der Waals surface area contributed by atoms with Crippen molar-refractivity contribution in [1.82, 2.24) is 36.0 Å². The monoisotopic (exact) mass is 648 g/mol. The van der Waals surface area contributed by atoms with Gasteiger partial charge in [-0.3, -0.25) is 19.5 Å². The zero-order valence-electron chi connectivity index (χ0n) is 26.9. The molecule has 48 heavy (non-hydrogen) atoms. The lowest BCUT2D eigenvalue weighted by Crippen LogP contribution is -2.42. The Morgan fingerprint density at radius 2 is 1.60 bits per heavy atom. The summed E-state index contributed by atoms with van der Waals surface area (Å²) in [5, 5.41) is 26.0. The molecule has 246 valence electrons. The van der Waals surface area contributed by atoms with Crippen molar-refractivity contribution in [2.75, 3.05) is 33.7 Å². The lowest BCUT2D eigenvalue weighted by atomic mass is 9.69. The van der Waals surface area contributed by atoms with E-state index in [9.17, 15) is 24.0 Å². The summed E-state index contributed by atoms with van der Waals surface area (Å²) in [7, 11) is 3.18. The Morgan fingerprint density at radius 3 is 2.19 bits per heavy atom. The maximum Gasteiger partial charge on any atom is 0.251 e. The Morgan fingerprint density at radius 1 is 0.979 bits per heavy atom. The minimum Gasteiger partial charge on any atom is -0.355 e. The number of aromatic amines is 1. The maximum absolute atomic E-state index is 13.8. The first kappa shape index (κ1) is 32.5. The molecule has 1 saturated heterocycles. The smallest absolute Gasteiger partial charge is 0.251 e. The fourth-order valence-corrected chi connectivity index (χ4v) is 7.02. The molecule has 3 amide bonds. The van der Waals surface area contributed by atoms with Crippen molar-refractivity contribution < 1.29 is 18.8 Å². The predicted octanol–water partition coefficient (Wildman–Crippen LogP) is 3.26. The first-order chi connectivity index (χ1) is 23.3. The molecule has 0 radical (unpaired) electrons. The van der Waals surface area contributed by atoms with Crippen LogP contribution in [-0.4, -0.2) is 77.6 Å². The molecule has 1 aliphatic heterocycles. The second-order valence-corrected chi connectivity index (χ2v) is 12.1. The quantitative estimate of drug-likeness (QED) is 0.203. The minimum absolute atomic E-state index is 0.0659. The average molecular weight is 649 g/mol. The second kappa shape index (κ2) is 13.8. The number of nitrogens with one attached hydrogen (secondary N) is 4. The predicted molar refractivity (Wildman–Crippen MR) is 177 cm³/mol. The van der Waals surface area contributed by atoms with Gasteiger partial charge in [0, 0.05) is 37.3 Å². The molecule has 4 N–H and O–H groups in total. The van der Waals surface area contributed by atoms with E-state index in [1.165, 1.54) is 12.1 Å². The lowest BCUT2D eigenvalue weighted by molar-refractivity contribution is -0.130. The van der Waals surface area contributed by atoms with E-state index in [0.717, 1.165) is 28.7 Å². The fourth-order valence-electron chi connectivity index (χ4n) is 7.02. The highest BCUT2D eigenvalue weighted by Crippen LogP contribution is 2.46. The van der Waals surface area contributed by atoms with Gasteiger partial charge in [-0.2, -0.15) is 10.4 Å². The molecule has 2 aliphatic rings. The molecule has 11 nitrogen and oxygen atoms in total. The second-order valence-electron chi connectivity index (χ2n) is 12.1. The first-order valence-electron chi connectivity index (χ1n) is 16.1. The number of likely N-dealkylation sites (tertiary alicyclic amines) is 1. The summed E-state index contributed by atoms with van der Waals surface area (Å²) in [5.41, 5.74) is 4.45. The first-order valence-corrected chi connectivity index (χ1v) is 16.1. The van der Waals surface area contributed by atoms with E-state index >= 15 is 0 Å². The third-order valence-electron chi connectivity index (χ3n) is 9.44. The van der Waals surface area contributed by atoms with E-state index in [2.05, 4.69) is 32.2 Å². The summed E-state index contributed by atoms with van der Waals surface area (Å²) in [6.45, 7) is 1.02. The number of benzene rings is 3. The Kier molecular flexibility index (Phi) is 9.32. The summed E-state index contributed by atoms with van der Waals surface area (Å²) >= 11 is 0. The minimum atomic E-state index is -0.951. The summed E-state index contributed by atoms with van der Waals surface area (Å²) in [4.78, 5) is 45.2. The van der Waals surface area contributed by atoms with E-state index in [1.807, 2.05) is 24.3 Å². The molecule has 4 aromatic rings. The normalized spacial score (nSPS) is 16.3. The van der Waals surface area contributed by atoms with Gasteiger partial charge >= 0.3 is 0 Å². The van der Waals surface area contributed by atoms with Gasteiger partial charge in [-0.1, -0.05) is 12.1 Å². The van der Waals surface area contributed by atoms with Gasteiger partial charge in [-0.05, 0) is 109 Å². The van der Waals surface area contributed by atoms with Crippen LogP contribution >= 0.6 is 0 Å². The van der Waals surface area contributed by atoms with Crippen molar-refractivity contribution in [2.24, 2.45) is 0 Å². The van der Waals surface area contributed by atoms with E-state index in [1.54, 1.807) is 43.3 Å². The van der Waals surface area contributed by atoms with Crippen molar-refractivity contribution in [3.05, 3.63) is 106 Å². The highest BCUT2D eigenvalue weighted by Gasteiger charge is 2.44. The highest BCUT2D eigenvalue weighted by molar-refractivity contribution is 5.95. The number of carbonyl (C=O) groups excluding carboxylic acids is 3. The van der Waals surface area contributed by atoms with Gasteiger partial charge in [0.25, 0.3) is 11.8 Å². The Bertz CT molecular complexity index is 1830. The number of nitrogens with zero attached hydrogens (tertiary/aromatic N) is 4. The van der Waals surface area contributed by atoms with E-state index in [0.29, 0.717) is 67.1 Å². The molecular weight excluding hydrogens is 611 g/mol. The molecule has 0 unspecified atom stereocenters. The van der Waals surface area contributed by atoms with Crippen molar-refractivity contribution >= 4 is 17.7 Å². The third-order valence-corrected chi connectivity index (χ3v) is 9.44. The number of carbonyl (C=O) groups is 3. The molecule has 1 fully saturated rings. The number of nitriles is 1. The van der Waals surface area contributed by atoms with Gasteiger partial charge < -0.3 is 20.9 Å². The van der Waals surface area contributed by atoms with Gasteiger partial charge in [0.1, 0.15) is 17.7 Å². The van der Waals surface area contributed by atoms with Crippen LogP contribution in [0, 0.1) is 17.1 Å². The average Bonchev–Trinajstić information content (AvgIpc) is 3.79. The molecule has 1 aliphatic carbocycles. The van der Waals surface area contributed by atoms with Crippen LogP contribution in [-0.2, 0) is 23.1 Å². The zero-order chi connectivity index (χ0) is 33.8. The van der Waals surface area contributed by atoms with Crippen LogP contribution in [0.15, 0.2) is 60.7 Å². The van der Waals surface area contributed by atoms with Crippen LogP contribution in [0.1, 0.15) is 68.1 Å². The summed E-state index contributed by atoms with van der Waals surface area (Å²) in [6, 6.07) is 19.1. The summed E-state index contributed by atoms with van der Waals surface area (Å²) in [6.07, 6.45) is 3.11. The lowest BCUT2D eigenvalue weighted by Gasteiger charge is -2.35. The number of fused-ring (bicyclic) bond motifs is 2. The van der Waals surface area contributed by atoms with Crippen LogP contribution in [0.4, 0.5) is 4.39 Å². The number of rotatable bonds is 9. The molecule has 1 atom stereocenters. The topological polar surface area (TPSA) is 156 Å². The van der Waals surface area contributed by atoms with Crippen LogP contribution in [0.3, 0.4) is 0 Å². The molecule has 6 rings (SSSR count). The zero-order valence-corrected chi connectivity index (χ0v) is 26.9. The Labute approximate surface area is 277 Å². The third kappa shape index (κ3) is 6.04. The molecular formula is C36H37FN8O3. The molecule has 3 aromatic carbocycles. The standard InChI is InChI=1S/C36H37FN8O3/c1-39-33(47)25-9-13-29-23(18-25)5-6-24-19-26(34(48)40-2)10-14-30(24)36(29,15-16-41-21-31(46)45-17-3-4-28(45)20-38)35-42-32(43-44-35)22-7-11-27(37)12-8-22/h7-14,18-19,28,41H,3-6,15-17,21H2,1-2H3,(H,39,47)(H,40,48)(H,42,43,44)/t28-/m0/s1. The van der Waals surface area contributed by atoms with E-state index in [-0.39, 0.29) is 30.1 Å². The van der Waals surface area contributed by atoms with Gasteiger partial charge in [0.05, 0.1) is 18.0 Å². The molecule has 0 bridgehead atoms. The number of H-pyrrole nitrogens is 1.